The summed E-state index contributed by atoms with van der Waals surface area (Å²) >= 11 is 0. The molecular weight excluding hydrogens is 331 g/mol. The third kappa shape index (κ3) is 3.62. The van der Waals surface area contributed by atoms with Crippen molar-refractivity contribution in [3.63, 3.8) is 0 Å². The summed E-state index contributed by atoms with van der Waals surface area (Å²) in [5.41, 5.74) is 0. The fraction of sp³-hybridized carbons (Fsp3) is 0.588. The van der Waals surface area contributed by atoms with Crippen molar-refractivity contribution in [1.29, 1.82) is 0 Å². The van der Waals surface area contributed by atoms with E-state index in [4.69, 9.17) is 0 Å². The van der Waals surface area contributed by atoms with Crippen LogP contribution in [0.4, 0.5) is 4.39 Å². The number of hydrogen-bond acceptors (Lipinski definition) is 3. The number of nitrogens with zero attached hydrogens (tertiary/aromatic N) is 2. The van der Waals surface area contributed by atoms with Crippen LogP contribution >= 0.6 is 0 Å². The SMILES string of the molecule is CN(C(=O)CN(C)S(=O)(=O)c1ccc(F)cc1)C(C1CC1)C1CC1. The molecule has 0 bridgehead atoms. The first-order valence-electron chi connectivity index (χ1n) is 8.28. The van der Waals surface area contributed by atoms with Gasteiger partial charge in [-0.25, -0.2) is 12.8 Å². The van der Waals surface area contributed by atoms with E-state index in [0.717, 1.165) is 42.1 Å². The Labute approximate surface area is 142 Å². The molecule has 132 valence electrons. The number of rotatable bonds is 7. The van der Waals surface area contributed by atoms with E-state index in [2.05, 4.69) is 0 Å². The van der Waals surface area contributed by atoms with Crippen LogP contribution in [0.1, 0.15) is 25.7 Å². The molecule has 7 heteroatoms. The summed E-state index contributed by atoms with van der Waals surface area (Å²) in [7, 11) is -0.638. The van der Waals surface area contributed by atoms with Crippen LogP contribution in [-0.4, -0.2) is 50.2 Å². The van der Waals surface area contributed by atoms with Gasteiger partial charge < -0.3 is 4.90 Å². The maximum atomic E-state index is 13.0. The standard InChI is InChI=1S/C17H23FN2O3S/c1-19(24(22,23)15-9-7-14(18)8-10-15)11-16(21)20(2)17(12-3-4-12)13-5-6-13/h7-10,12-13,17H,3-6,11H2,1-2H3. The van der Waals surface area contributed by atoms with Crippen LogP contribution in [0, 0.1) is 17.7 Å². The summed E-state index contributed by atoms with van der Waals surface area (Å²) in [6.07, 6.45) is 4.62. The fourth-order valence-corrected chi connectivity index (χ4v) is 4.35. The number of carbonyl (C=O) groups excluding carboxylic acids is 1. The molecule has 1 aromatic rings. The zero-order valence-corrected chi connectivity index (χ0v) is 14.8. The minimum Gasteiger partial charge on any atom is -0.341 e. The lowest BCUT2D eigenvalue weighted by Crippen LogP contribution is -2.45. The van der Waals surface area contributed by atoms with Gasteiger partial charge in [0.2, 0.25) is 15.9 Å². The van der Waals surface area contributed by atoms with Gasteiger partial charge in [-0.3, -0.25) is 4.79 Å². The first-order chi connectivity index (χ1) is 11.3. The van der Waals surface area contributed by atoms with E-state index < -0.39 is 15.8 Å². The van der Waals surface area contributed by atoms with Crippen molar-refractivity contribution in [3.8, 4) is 0 Å². The number of hydrogen-bond donors (Lipinski definition) is 0. The maximum absolute atomic E-state index is 13.0. The van der Waals surface area contributed by atoms with E-state index in [1.54, 1.807) is 11.9 Å². The highest BCUT2D eigenvalue weighted by molar-refractivity contribution is 7.89. The fourth-order valence-electron chi connectivity index (χ4n) is 3.23. The summed E-state index contributed by atoms with van der Waals surface area (Å²) in [5, 5.41) is 0. The Morgan fingerprint density at radius 3 is 2.08 bits per heavy atom. The molecular formula is C17H23FN2O3S. The van der Waals surface area contributed by atoms with Crippen molar-refractivity contribution in [2.75, 3.05) is 20.6 Å². The van der Waals surface area contributed by atoms with Gasteiger partial charge >= 0.3 is 0 Å². The third-order valence-electron chi connectivity index (χ3n) is 4.93. The van der Waals surface area contributed by atoms with Gasteiger partial charge in [0.15, 0.2) is 0 Å². The molecule has 0 aliphatic heterocycles. The smallest absolute Gasteiger partial charge is 0.243 e. The Morgan fingerprint density at radius 2 is 1.62 bits per heavy atom. The molecule has 0 atom stereocenters. The van der Waals surface area contributed by atoms with Crippen molar-refractivity contribution in [2.24, 2.45) is 11.8 Å². The molecule has 2 aliphatic rings. The Bertz CT molecular complexity index is 700. The highest BCUT2D eigenvalue weighted by atomic mass is 32.2. The molecule has 2 aliphatic carbocycles. The average Bonchev–Trinajstić information content (AvgIpc) is 3.42. The Morgan fingerprint density at radius 1 is 1.12 bits per heavy atom. The first-order valence-corrected chi connectivity index (χ1v) is 9.72. The van der Waals surface area contributed by atoms with Gasteiger partial charge in [-0.2, -0.15) is 4.31 Å². The quantitative estimate of drug-likeness (QED) is 0.753. The van der Waals surface area contributed by atoms with Crippen molar-refractivity contribution >= 4 is 15.9 Å². The number of carbonyl (C=O) groups is 1. The normalized spacial score (nSPS) is 18.2. The summed E-state index contributed by atoms with van der Waals surface area (Å²) in [4.78, 5) is 14.3. The molecule has 3 rings (SSSR count). The molecule has 0 aromatic heterocycles. The van der Waals surface area contributed by atoms with E-state index in [0.29, 0.717) is 11.8 Å². The van der Waals surface area contributed by atoms with Crippen LogP contribution in [0.25, 0.3) is 0 Å². The molecule has 2 saturated carbocycles. The number of benzene rings is 1. The third-order valence-corrected chi connectivity index (χ3v) is 6.75. The summed E-state index contributed by atoms with van der Waals surface area (Å²) in [6.45, 7) is -0.202. The second-order valence-electron chi connectivity index (χ2n) is 6.89. The van der Waals surface area contributed by atoms with Crippen LogP contribution in [-0.2, 0) is 14.8 Å². The van der Waals surface area contributed by atoms with Crippen LogP contribution in [0.2, 0.25) is 0 Å². The molecule has 0 saturated heterocycles. The Kier molecular flexibility index (Phi) is 4.66. The number of halogens is 1. The largest absolute Gasteiger partial charge is 0.341 e. The predicted octanol–water partition coefficient (Wildman–Crippen LogP) is 2.09. The molecule has 0 unspecified atom stereocenters. The first kappa shape index (κ1) is 17.4. The van der Waals surface area contributed by atoms with E-state index in [1.165, 1.54) is 19.2 Å². The molecule has 0 N–H and O–H groups in total. The molecule has 0 spiro atoms. The van der Waals surface area contributed by atoms with Gasteiger partial charge in [0.25, 0.3) is 0 Å². The lowest BCUT2D eigenvalue weighted by Gasteiger charge is -2.30. The van der Waals surface area contributed by atoms with E-state index >= 15 is 0 Å². The van der Waals surface area contributed by atoms with Gasteiger partial charge in [0, 0.05) is 20.1 Å². The highest BCUT2D eigenvalue weighted by Gasteiger charge is 2.45. The van der Waals surface area contributed by atoms with Crippen LogP contribution in [0.15, 0.2) is 29.2 Å². The van der Waals surface area contributed by atoms with E-state index in [-0.39, 0.29) is 23.4 Å². The second kappa shape index (κ2) is 6.44. The molecule has 24 heavy (non-hydrogen) atoms. The molecule has 1 aromatic carbocycles. The molecule has 1 amide bonds. The van der Waals surface area contributed by atoms with Gasteiger partial charge in [-0.15, -0.1) is 0 Å². The number of amides is 1. The molecule has 5 nitrogen and oxygen atoms in total. The monoisotopic (exact) mass is 354 g/mol. The average molecular weight is 354 g/mol. The topological polar surface area (TPSA) is 57.7 Å². The highest BCUT2D eigenvalue weighted by Crippen LogP contribution is 2.46. The van der Waals surface area contributed by atoms with Gasteiger partial charge in [0.05, 0.1) is 11.4 Å². The van der Waals surface area contributed by atoms with Crippen molar-refractivity contribution in [1.82, 2.24) is 9.21 Å². The molecule has 2 fully saturated rings. The molecule has 0 radical (unpaired) electrons. The predicted molar refractivity (Wildman–Crippen MR) is 88.2 cm³/mol. The van der Waals surface area contributed by atoms with Crippen LogP contribution < -0.4 is 0 Å². The van der Waals surface area contributed by atoms with Crippen molar-refractivity contribution in [3.05, 3.63) is 30.1 Å². The van der Waals surface area contributed by atoms with Crippen LogP contribution in [0.5, 0.6) is 0 Å². The number of likely N-dealkylation sites (N-methyl/N-ethyl adjacent to an activating group) is 2. The zero-order valence-electron chi connectivity index (χ0n) is 14.0. The minimum atomic E-state index is -3.80. The van der Waals surface area contributed by atoms with Crippen molar-refractivity contribution < 1.29 is 17.6 Å². The van der Waals surface area contributed by atoms with Gasteiger partial charge in [0.1, 0.15) is 5.82 Å². The summed E-state index contributed by atoms with van der Waals surface area (Å²) in [6, 6.07) is 4.88. The van der Waals surface area contributed by atoms with E-state index in [1.807, 2.05) is 0 Å². The lowest BCUT2D eigenvalue weighted by molar-refractivity contribution is -0.132. The Balaban J connectivity index is 1.67. The lowest BCUT2D eigenvalue weighted by atomic mass is 10.1. The minimum absolute atomic E-state index is 0.0113. The maximum Gasteiger partial charge on any atom is 0.243 e. The second-order valence-corrected chi connectivity index (χ2v) is 8.93. The van der Waals surface area contributed by atoms with E-state index in [9.17, 15) is 17.6 Å². The van der Waals surface area contributed by atoms with Gasteiger partial charge in [-0.1, -0.05) is 0 Å². The summed E-state index contributed by atoms with van der Waals surface area (Å²) < 4.78 is 39.0. The van der Waals surface area contributed by atoms with Gasteiger partial charge in [-0.05, 0) is 61.8 Å². The number of sulfonamides is 1. The summed E-state index contributed by atoms with van der Waals surface area (Å²) in [5.74, 6) is 0.465. The molecule has 0 heterocycles. The zero-order chi connectivity index (χ0) is 17.5. The van der Waals surface area contributed by atoms with Crippen molar-refractivity contribution in [2.45, 2.75) is 36.6 Å². The Hall–Kier alpha value is -1.47. The van der Waals surface area contributed by atoms with Crippen LogP contribution in [0.3, 0.4) is 0 Å².